The van der Waals surface area contributed by atoms with Gasteiger partial charge in [0.15, 0.2) is 17.9 Å². The average Bonchev–Trinajstić information content (AvgIpc) is 2.27. The van der Waals surface area contributed by atoms with Crippen LogP contribution in [-0.2, 0) is 10.9 Å². The van der Waals surface area contributed by atoms with Crippen LogP contribution >= 0.6 is 0 Å². The highest BCUT2D eigenvalue weighted by molar-refractivity contribution is 6.00. The lowest BCUT2D eigenvalue weighted by molar-refractivity contribution is -0.141. The van der Waals surface area contributed by atoms with E-state index in [1.54, 1.807) is 6.92 Å². The summed E-state index contributed by atoms with van der Waals surface area (Å²) in [4.78, 5) is 18.2. The van der Waals surface area contributed by atoms with Crippen molar-refractivity contribution in [2.45, 2.75) is 20.0 Å². The number of nitrogens with zero attached hydrogens (tertiary/aromatic N) is 2. The van der Waals surface area contributed by atoms with Crippen LogP contribution in [0.15, 0.2) is 17.3 Å². The van der Waals surface area contributed by atoms with Crippen molar-refractivity contribution >= 4 is 17.9 Å². The van der Waals surface area contributed by atoms with Crippen LogP contribution in [0, 0.1) is 0 Å². The minimum absolute atomic E-state index is 0.113. The SMILES string of the molecule is CCOC=Nc1ccnc(C(F)(F)F)c1C(C)=O. The van der Waals surface area contributed by atoms with E-state index in [-0.39, 0.29) is 5.69 Å². The Balaban J connectivity index is 3.31. The molecule has 0 saturated carbocycles. The monoisotopic (exact) mass is 260 g/mol. The minimum atomic E-state index is -4.70. The van der Waals surface area contributed by atoms with Crippen molar-refractivity contribution in [2.75, 3.05) is 6.61 Å². The van der Waals surface area contributed by atoms with E-state index in [4.69, 9.17) is 4.74 Å². The molecule has 0 aromatic carbocycles. The molecule has 0 aliphatic rings. The summed E-state index contributed by atoms with van der Waals surface area (Å²) in [5, 5.41) is 0. The molecule has 0 aliphatic carbocycles. The maximum Gasteiger partial charge on any atom is 0.434 e. The van der Waals surface area contributed by atoms with Gasteiger partial charge in [0.1, 0.15) is 0 Å². The van der Waals surface area contributed by atoms with E-state index in [1.165, 1.54) is 6.07 Å². The Kier molecular flexibility index (Phi) is 4.41. The third-order valence-corrected chi connectivity index (χ3v) is 1.98. The van der Waals surface area contributed by atoms with E-state index >= 15 is 0 Å². The van der Waals surface area contributed by atoms with Crippen molar-refractivity contribution in [3.63, 3.8) is 0 Å². The van der Waals surface area contributed by atoms with Gasteiger partial charge < -0.3 is 4.74 Å². The Labute approximate surface area is 102 Å². The van der Waals surface area contributed by atoms with E-state index in [0.717, 1.165) is 19.5 Å². The van der Waals surface area contributed by atoms with Gasteiger partial charge in [0.05, 0.1) is 17.9 Å². The Morgan fingerprint density at radius 2 is 2.22 bits per heavy atom. The quantitative estimate of drug-likeness (QED) is 0.475. The molecule has 0 N–H and O–H groups in total. The van der Waals surface area contributed by atoms with E-state index in [9.17, 15) is 18.0 Å². The van der Waals surface area contributed by atoms with E-state index in [2.05, 4.69) is 9.98 Å². The first-order valence-corrected chi connectivity index (χ1v) is 5.09. The second-order valence-corrected chi connectivity index (χ2v) is 3.30. The van der Waals surface area contributed by atoms with Crippen LogP contribution in [0.2, 0.25) is 0 Å². The topological polar surface area (TPSA) is 51.6 Å². The number of aliphatic imine (C=N–C) groups is 1. The number of aromatic nitrogens is 1. The summed E-state index contributed by atoms with van der Waals surface area (Å²) in [6.45, 7) is 3.06. The van der Waals surface area contributed by atoms with Crippen molar-refractivity contribution < 1.29 is 22.7 Å². The molecule has 0 atom stereocenters. The fraction of sp³-hybridized carbons (Fsp3) is 0.364. The number of hydrogen-bond acceptors (Lipinski definition) is 4. The van der Waals surface area contributed by atoms with Gasteiger partial charge in [0.25, 0.3) is 0 Å². The summed E-state index contributed by atoms with van der Waals surface area (Å²) in [6.07, 6.45) is -2.74. The Hall–Kier alpha value is -1.92. The number of carbonyl (C=O) groups excluding carboxylic acids is 1. The molecule has 1 aromatic rings. The first-order chi connectivity index (χ1) is 8.38. The van der Waals surface area contributed by atoms with Crippen LogP contribution in [-0.4, -0.2) is 23.8 Å². The zero-order valence-corrected chi connectivity index (χ0v) is 9.78. The number of pyridine rings is 1. The molecule has 18 heavy (non-hydrogen) atoms. The molecule has 1 rings (SSSR count). The molecular formula is C11H11F3N2O2. The Morgan fingerprint density at radius 3 is 2.72 bits per heavy atom. The number of ether oxygens (including phenoxy) is 1. The van der Waals surface area contributed by atoms with Gasteiger partial charge in [-0.15, -0.1) is 0 Å². The summed E-state index contributed by atoms with van der Waals surface area (Å²) in [7, 11) is 0. The molecule has 4 nitrogen and oxygen atoms in total. The van der Waals surface area contributed by atoms with E-state index < -0.39 is 23.2 Å². The minimum Gasteiger partial charge on any atom is -0.483 e. The Bertz CT molecular complexity index is 470. The van der Waals surface area contributed by atoms with Crippen LogP contribution in [0.5, 0.6) is 0 Å². The van der Waals surface area contributed by atoms with E-state index in [1.807, 2.05) is 0 Å². The Morgan fingerprint density at radius 1 is 1.56 bits per heavy atom. The number of halogens is 3. The highest BCUT2D eigenvalue weighted by Gasteiger charge is 2.37. The first-order valence-electron chi connectivity index (χ1n) is 5.09. The summed E-state index contributed by atoms with van der Waals surface area (Å²) in [6, 6.07) is 1.22. The highest BCUT2D eigenvalue weighted by atomic mass is 19.4. The van der Waals surface area contributed by atoms with Gasteiger partial charge in [0, 0.05) is 6.20 Å². The van der Waals surface area contributed by atoms with Gasteiger partial charge in [-0.05, 0) is 19.9 Å². The maximum atomic E-state index is 12.7. The molecule has 0 unspecified atom stereocenters. The second-order valence-electron chi connectivity index (χ2n) is 3.30. The molecule has 98 valence electrons. The first kappa shape index (κ1) is 14.1. The zero-order valence-electron chi connectivity index (χ0n) is 9.78. The molecule has 0 fully saturated rings. The van der Waals surface area contributed by atoms with Gasteiger partial charge in [-0.1, -0.05) is 0 Å². The standard InChI is InChI=1S/C11H11F3N2O2/c1-3-18-6-16-8-4-5-15-10(11(12,13)14)9(8)7(2)17/h4-6H,3H2,1-2H3. The van der Waals surface area contributed by atoms with Crippen LogP contribution in [0.4, 0.5) is 18.9 Å². The van der Waals surface area contributed by atoms with E-state index in [0.29, 0.717) is 6.61 Å². The number of Topliss-reactive ketones (excluding diaryl/α,β-unsaturated/α-hetero) is 1. The number of hydrogen-bond donors (Lipinski definition) is 0. The van der Waals surface area contributed by atoms with Gasteiger partial charge in [-0.3, -0.25) is 9.78 Å². The molecule has 0 radical (unpaired) electrons. The molecule has 0 spiro atoms. The lowest BCUT2D eigenvalue weighted by Gasteiger charge is -2.11. The molecule has 0 aliphatic heterocycles. The van der Waals surface area contributed by atoms with Crippen molar-refractivity contribution in [1.82, 2.24) is 4.98 Å². The summed E-state index contributed by atoms with van der Waals surface area (Å²) < 4.78 is 42.8. The fourth-order valence-electron chi connectivity index (χ4n) is 1.29. The lowest BCUT2D eigenvalue weighted by Crippen LogP contribution is -2.14. The zero-order chi connectivity index (χ0) is 13.8. The molecular weight excluding hydrogens is 249 g/mol. The predicted molar refractivity (Wildman–Crippen MR) is 59.0 cm³/mol. The van der Waals surface area contributed by atoms with Gasteiger partial charge in [-0.25, -0.2) is 4.99 Å². The highest BCUT2D eigenvalue weighted by Crippen LogP contribution is 2.34. The summed E-state index contributed by atoms with van der Waals surface area (Å²) in [5.74, 6) is -0.751. The molecule has 7 heteroatoms. The molecule has 0 saturated heterocycles. The van der Waals surface area contributed by atoms with Crippen LogP contribution in [0.1, 0.15) is 29.9 Å². The van der Waals surface area contributed by atoms with Crippen molar-refractivity contribution in [3.8, 4) is 0 Å². The predicted octanol–water partition coefficient (Wildman–Crippen LogP) is 3.00. The fourth-order valence-corrected chi connectivity index (χ4v) is 1.29. The van der Waals surface area contributed by atoms with Gasteiger partial charge in [0.2, 0.25) is 0 Å². The van der Waals surface area contributed by atoms with Crippen LogP contribution in [0.3, 0.4) is 0 Å². The smallest absolute Gasteiger partial charge is 0.434 e. The van der Waals surface area contributed by atoms with Gasteiger partial charge >= 0.3 is 6.18 Å². The van der Waals surface area contributed by atoms with Gasteiger partial charge in [-0.2, -0.15) is 13.2 Å². The molecule has 1 aromatic heterocycles. The lowest BCUT2D eigenvalue weighted by atomic mass is 10.1. The molecule has 1 heterocycles. The number of carbonyl (C=O) groups is 1. The maximum absolute atomic E-state index is 12.7. The third-order valence-electron chi connectivity index (χ3n) is 1.98. The number of rotatable bonds is 4. The van der Waals surface area contributed by atoms with Crippen LogP contribution < -0.4 is 0 Å². The normalized spacial score (nSPS) is 11.8. The van der Waals surface area contributed by atoms with Crippen molar-refractivity contribution in [1.29, 1.82) is 0 Å². The van der Waals surface area contributed by atoms with Crippen molar-refractivity contribution in [2.24, 2.45) is 4.99 Å². The van der Waals surface area contributed by atoms with Crippen LogP contribution in [0.25, 0.3) is 0 Å². The number of alkyl halides is 3. The third kappa shape index (κ3) is 3.28. The largest absolute Gasteiger partial charge is 0.483 e. The second kappa shape index (κ2) is 5.61. The average molecular weight is 260 g/mol. The summed E-state index contributed by atoms with van der Waals surface area (Å²) >= 11 is 0. The molecule has 0 amide bonds. The van der Waals surface area contributed by atoms with Crippen molar-refractivity contribution in [3.05, 3.63) is 23.5 Å². The molecule has 0 bridgehead atoms. The summed E-state index contributed by atoms with van der Waals surface area (Å²) in [5.41, 5.74) is -1.90. The number of ketones is 1.